The molecular weight excluding hydrogens is 451 g/mol. The second-order valence-electron chi connectivity index (χ2n) is 8.24. The lowest BCUT2D eigenvalue weighted by molar-refractivity contribution is 0.291. The largest absolute Gasteiger partial charge is 0.382 e. The van der Waals surface area contributed by atoms with Gasteiger partial charge in [-0.3, -0.25) is 9.36 Å². The van der Waals surface area contributed by atoms with Crippen molar-refractivity contribution in [1.82, 2.24) is 19.5 Å². The van der Waals surface area contributed by atoms with Crippen LogP contribution in [0.3, 0.4) is 0 Å². The molecule has 0 bridgehead atoms. The summed E-state index contributed by atoms with van der Waals surface area (Å²) in [7, 11) is 0. The Labute approximate surface area is 193 Å². The van der Waals surface area contributed by atoms with Gasteiger partial charge in [0.2, 0.25) is 5.95 Å². The Morgan fingerprint density at radius 3 is 2.47 bits per heavy atom. The molecule has 1 atom stereocenters. The zero-order valence-corrected chi connectivity index (χ0v) is 18.5. The summed E-state index contributed by atoms with van der Waals surface area (Å²) >= 11 is 12.8. The van der Waals surface area contributed by atoms with Crippen molar-refractivity contribution >= 4 is 51.7 Å². The first-order chi connectivity index (χ1) is 15.4. The van der Waals surface area contributed by atoms with Crippen LogP contribution >= 0.6 is 23.2 Å². The molecule has 5 rings (SSSR count). The van der Waals surface area contributed by atoms with Crippen molar-refractivity contribution < 1.29 is 0 Å². The molecule has 2 aliphatic rings. The number of hydrogen-bond acceptors (Lipinski definition) is 8. The molecule has 0 radical (unpaired) electrons. The van der Waals surface area contributed by atoms with Crippen LogP contribution in [0.15, 0.2) is 16.9 Å². The molecule has 3 aromatic rings. The lowest BCUT2D eigenvalue weighted by Gasteiger charge is -2.32. The van der Waals surface area contributed by atoms with Crippen molar-refractivity contribution in [3.63, 3.8) is 0 Å². The summed E-state index contributed by atoms with van der Waals surface area (Å²) in [5.41, 5.74) is 11.9. The van der Waals surface area contributed by atoms with Gasteiger partial charge in [0.25, 0.3) is 5.56 Å². The van der Waals surface area contributed by atoms with Gasteiger partial charge in [-0.1, -0.05) is 23.2 Å². The number of nitrogens with zero attached hydrogens (tertiary/aromatic N) is 5. The van der Waals surface area contributed by atoms with E-state index in [2.05, 4.69) is 15.3 Å². The van der Waals surface area contributed by atoms with Crippen LogP contribution in [0.25, 0.3) is 10.9 Å². The Bertz CT molecular complexity index is 1340. The van der Waals surface area contributed by atoms with E-state index in [1.54, 1.807) is 16.7 Å². The number of rotatable bonds is 5. The molecule has 0 unspecified atom stereocenters. The molecule has 1 aromatic carbocycles. The second-order valence-corrected chi connectivity index (χ2v) is 9.06. The highest BCUT2D eigenvalue weighted by Crippen LogP contribution is 2.45. The zero-order valence-electron chi connectivity index (χ0n) is 17.0. The summed E-state index contributed by atoms with van der Waals surface area (Å²) < 4.78 is 1.74. The van der Waals surface area contributed by atoms with Gasteiger partial charge in [-0.2, -0.15) is 15.2 Å². The van der Waals surface area contributed by atoms with E-state index in [-0.39, 0.29) is 46.7 Å². The van der Waals surface area contributed by atoms with Crippen LogP contribution < -0.4 is 22.3 Å². The fourth-order valence-electron chi connectivity index (χ4n) is 4.14. The highest BCUT2D eigenvalue weighted by atomic mass is 35.5. The molecule has 0 saturated heterocycles. The van der Waals surface area contributed by atoms with Gasteiger partial charge in [0.15, 0.2) is 5.82 Å². The topological polar surface area (TPSA) is 149 Å². The van der Waals surface area contributed by atoms with Gasteiger partial charge < -0.3 is 16.8 Å². The maximum atomic E-state index is 13.6. The maximum Gasteiger partial charge on any atom is 0.263 e. The summed E-state index contributed by atoms with van der Waals surface area (Å²) in [4.78, 5) is 26.5. The second kappa shape index (κ2) is 7.80. The lowest BCUT2D eigenvalue weighted by Crippen LogP contribution is -2.36. The number of hydrogen-bond donors (Lipinski definition) is 3. The first-order valence-corrected chi connectivity index (χ1v) is 11.1. The number of anilines is 3. The third-order valence-corrected chi connectivity index (χ3v) is 6.77. The molecule has 164 valence electrons. The maximum absolute atomic E-state index is 13.6. The quantitative estimate of drug-likeness (QED) is 0.509. The number of fused-ring (bicyclic) bond motifs is 1. The minimum absolute atomic E-state index is 0.00488. The van der Waals surface area contributed by atoms with Crippen LogP contribution in [-0.2, 0) is 0 Å². The van der Waals surface area contributed by atoms with Gasteiger partial charge in [-0.15, -0.1) is 0 Å². The molecule has 0 amide bonds. The number of benzene rings is 1. The fourth-order valence-corrected chi connectivity index (χ4v) is 4.58. The van der Waals surface area contributed by atoms with E-state index in [9.17, 15) is 10.1 Å². The van der Waals surface area contributed by atoms with Crippen molar-refractivity contribution in [3.05, 3.63) is 43.9 Å². The number of aromatic nitrogens is 4. The van der Waals surface area contributed by atoms with Crippen LogP contribution in [-0.4, -0.2) is 19.5 Å². The van der Waals surface area contributed by atoms with Crippen molar-refractivity contribution in [3.8, 4) is 6.07 Å². The monoisotopic (exact) mass is 470 g/mol. The van der Waals surface area contributed by atoms with Crippen molar-refractivity contribution in [2.24, 2.45) is 5.92 Å². The van der Waals surface area contributed by atoms with E-state index < -0.39 is 0 Å². The third kappa shape index (κ3) is 3.40. The number of nitrogens with two attached hydrogens (primary N) is 2. The lowest BCUT2D eigenvalue weighted by atomic mass is 9.92. The Kier molecular flexibility index (Phi) is 5.07. The predicted octanol–water partition coefficient (Wildman–Crippen LogP) is 3.82. The van der Waals surface area contributed by atoms with Gasteiger partial charge in [-0.25, -0.2) is 4.98 Å². The van der Waals surface area contributed by atoms with E-state index in [0.717, 1.165) is 32.1 Å². The van der Waals surface area contributed by atoms with E-state index >= 15 is 0 Å². The van der Waals surface area contributed by atoms with E-state index in [4.69, 9.17) is 39.7 Å². The molecule has 2 aromatic heterocycles. The molecule has 2 aliphatic carbocycles. The first-order valence-electron chi connectivity index (χ1n) is 10.4. The van der Waals surface area contributed by atoms with Crippen molar-refractivity contribution in [1.29, 1.82) is 5.26 Å². The van der Waals surface area contributed by atoms with Gasteiger partial charge in [-0.05, 0) is 50.2 Å². The van der Waals surface area contributed by atoms with Gasteiger partial charge in [0.05, 0.1) is 27.0 Å². The standard InChI is InChI=1S/C21H20Cl2N8O/c22-12-6-7-13(23)16-14(12)20(32)31(10-2-1-3-10)19(28-16)15(9-4-5-9)27-18-11(8-24)17(25)29-21(26)30-18/h6-7,9-10,15H,1-5H2,(H5,25,26,27,29,30)/t15-/m0/s1. The average Bonchev–Trinajstić information content (AvgIpc) is 3.54. The summed E-state index contributed by atoms with van der Waals surface area (Å²) in [6.45, 7) is 0. The minimum Gasteiger partial charge on any atom is -0.382 e. The smallest absolute Gasteiger partial charge is 0.263 e. The predicted molar refractivity (Wildman–Crippen MR) is 124 cm³/mol. The number of nitrogen functional groups attached to an aromatic ring is 2. The minimum atomic E-state index is -0.386. The summed E-state index contributed by atoms with van der Waals surface area (Å²) in [5, 5.41) is 13.9. The van der Waals surface area contributed by atoms with Crippen LogP contribution in [0.2, 0.25) is 10.0 Å². The van der Waals surface area contributed by atoms with Crippen LogP contribution in [0.4, 0.5) is 17.6 Å². The molecule has 11 heteroatoms. The average molecular weight is 471 g/mol. The highest BCUT2D eigenvalue weighted by molar-refractivity contribution is 6.39. The molecule has 32 heavy (non-hydrogen) atoms. The normalized spacial score (nSPS) is 17.0. The first kappa shape index (κ1) is 20.8. The summed E-state index contributed by atoms with van der Waals surface area (Å²) in [6.07, 6.45) is 4.69. The Morgan fingerprint density at radius 1 is 1.12 bits per heavy atom. The number of nitriles is 1. The third-order valence-electron chi connectivity index (χ3n) is 6.15. The SMILES string of the molecule is N#Cc1c(N)nc(N)nc1N[C@H](c1nc2c(Cl)ccc(Cl)c2c(=O)n1C1CCC1)C1CC1. The molecular formula is C21H20Cl2N8O. The molecule has 0 spiro atoms. The van der Waals surface area contributed by atoms with Gasteiger partial charge in [0, 0.05) is 6.04 Å². The van der Waals surface area contributed by atoms with E-state index in [1.807, 2.05) is 6.07 Å². The number of halogens is 2. The molecule has 2 saturated carbocycles. The van der Waals surface area contributed by atoms with Crippen molar-refractivity contribution in [2.45, 2.75) is 44.2 Å². The molecule has 2 fully saturated rings. The van der Waals surface area contributed by atoms with E-state index in [1.165, 1.54) is 0 Å². The van der Waals surface area contributed by atoms with Gasteiger partial charge >= 0.3 is 0 Å². The molecule has 2 heterocycles. The van der Waals surface area contributed by atoms with Gasteiger partial charge in [0.1, 0.15) is 23.3 Å². The molecule has 0 aliphatic heterocycles. The summed E-state index contributed by atoms with van der Waals surface area (Å²) in [5.74, 6) is 0.929. The Balaban J connectivity index is 1.73. The highest BCUT2D eigenvalue weighted by Gasteiger charge is 2.38. The Hall–Kier alpha value is -3.09. The zero-order chi connectivity index (χ0) is 22.6. The van der Waals surface area contributed by atoms with Crippen LogP contribution in [0.1, 0.15) is 55.6 Å². The number of nitrogens with one attached hydrogen (secondary N) is 1. The van der Waals surface area contributed by atoms with E-state index in [0.29, 0.717) is 26.8 Å². The summed E-state index contributed by atoms with van der Waals surface area (Å²) in [6, 6.07) is 4.92. The fraction of sp³-hybridized carbons (Fsp3) is 0.381. The molecule has 9 nitrogen and oxygen atoms in total. The van der Waals surface area contributed by atoms with Crippen LogP contribution in [0, 0.1) is 17.2 Å². The molecule has 5 N–H and O–H groups in total. The Morgan fingerprint density at radius 2 is 1.84 bits per heavy atom. The van der Waals surface area contributed by atoms with Crippen molar-refractivity contribution in [2.75, 3.05) is 16.8 Å². The van der Waals surface area contributed by atoms with Crippen LogP contribution in [0.5, 0.6) is 0 Å².